The average molecular weight is 215 g/mol. The standard InChI is InChI=1S/C15H21N/c1-11(2)10-16-14-9-13(15(4,5)6)8-7-12(14)3/h7-10H,1H2,2-6H3. The van der Waals surface area contributed by atoms with Gasteiger partial charge in [0.15, 0.2) is 0 Å². The van der Waals surface area contributed by atoms with Crippen LogP contribution in [0.4, 0.5) is 5.69 Å². The maximum atomic E-state index is 4.45. The van der Waals surface area contributed by atoms with Gasteiger partial charge in [-0.2, -0.15) is 0 Å². The summed E-state index contributed by atoms with van der Waals surface area (Å²) in [7, 11) is 0. The fourth-order valence-corrected chi connectivity index (χ4v) is 1.39. The Labute approximate surface area is 98.9 Å². The summed E-state index contributed by atoms with van der Waals surface area (Å²) in [6, 6.07) is 6.47. The number of aryl methyl sites for hydroxylation is 1. The van der Waals surface area contributed by atoms with Gasteiger partial charge in [0.25, 0.3) is 0 Å². The van der Waals surface area contributed by atoms with Crippen molar-refractivity contribution in [1.82, 2.24) is 0 Å². The smallest absolute Gasteiger partial charge is 0.0661 e. The average Bonchev–Trinajstić information content (AvgIpc) is 2.14. The Balaban J connectivity index is 3.14. The quantitative estimate of drug-likeness (QED) is 0.641. The molecule has 0 aliphatic carbocycles. The molecule has 0 fully saturated rings. The van der Waals surface area contributed by atoms with E-state index < -0.39 is 0 Å². The topological polar surface area (TPSA) is 12.4 Å². The van der Waals surface area contributed by atoms with Crippen molar-refractivity contribution in [3.05, 3.63) is 41.5 Å². The largest absolute Gasteiger partial charge is 0.256 e. The Bertz CT molecular complexity index is 420. The fourth-order valence-electron chi connectivity index (χ4n) is 1.39. The van der Waals surface area contributed by atoms with Crippen molar-refractivity contribution >= 4 is 11.9 Å². The molecule has 1 nitrogen and oxygen atoms in total. The minimum absolute atomic E-state index is 0.168. The van der Waals surface area contributed by atoms with Gasteiger partial charge in [0.1, 0.15) is 0 Å². The lowest BCUT2D eigenvalue weighted by Gasteiger charge is -2.19. The number of hydrogen-bond donors (Lipinski definition) is 0. The minimum atomic E-state index is 0.168. The second kappa shape index (κ2) is 4.65. The summed E-state index contributed by atoms with van der Waals surface area (Å²) < 4.78 is 0. The molecule has 0 saturated carbocycles. The van der Waals surface area contributed by atoms with Gasteiger partial charge < -0.3 is 0 Å². The van der Waals surface area contributed by atoms with E-state index in [4.69, 9.17) is 0 Å². The van der Waals surface area contributed by atoms with E-state index in [9.17, 15) is 0 Å². The number of benzene rings is 1. The molecule has 0 saturated heterocycles. The molecule has 0 spiro atoms. The Kier molecular flexibility index (Phi) is 3.69. The zero-order chi connectivity index (χ0) is 12.3. The third kappa shape index (κ3) is 3.34. The molecule has 0 atom stereocenters. The van der Waals surface area contributed by atoms with Crippen LogP contribution < -0.4 is 0 Å². The molecular formula is C15H21N. The second-order valence-electron chi connectivity index (χ2n) is 5.36. The molecule has 0 radical (unpaired) electrons. The van der Waals surface area contributed by atoms with Gasteiger partial charge in [-0.25, -0.2) is 0 Å². The number of hydrogen-bond acceptors (Lipinski definition) is 1. The summed E-state index contributed by atoms with van der Waals surface area (Å²) in [6.45, 7) is 14.5. The van der Waals surface area contributed by atoms with E-state index in [1.54, 1.807) is 0 Å². The fraction of sp³-hybridized carbons (Fsp3) is 0.400. The second-order valence-corrected chi connectivity index (χ2v) is 5.36. The van der Waals surface area contributed by atoms with Crippen LogP contribution in [-0.2, 0) is 5.41 Å². The highest BCUT2D eigenvalue weighted by molar-refractivity contribution is 5.79. The van der Waals surface area contributed by atoms with E-state index in [1.165, 1.54) is 11.1 Å². The Morgan fingerprint density at radius 1 is 1.31 bits per heavy atom. The molecule has 0 heterocycles. The summed E-state index contributed by atoms with van der Waals surface area (Å²) in [4.78, 5) is 4.45. The molecule has 0 N–H and O–H groups in total. The Hall–Kier alpha value is -1.37. The van der Waals surface area contributed by atoms with Crippen molar-refractivity contribution in [3.8, 4) is 0 Å². The van der Waals surface area contributed by atoms with E-state index in [2.05, 4.69) is 57.5 Å². The summed E-state index contributed by atoms with van der Waals surface area (Å²) in [5.74, 6) is 0. The van der Waals surface area contributed by atoms with Gasteiger partial charge in [0, 0.05) is 6.21 Å². The first-order valence-corrected chi connectivity index (χ1v) is 5.61. The molecule has 0 aliphatic rings. The van der Waals surface area contributed by atoms with Crippen molar-refractivity contribution < 1.29 is 0 Å². The van der Waals surface area contributed by atoms with Crippen molar-refractivity contribution in [2.75, 3.05) is 0 Å². The number of aliphatic imine (C=N–C) groups is 1. The molecule has 0 aliphatic heterocycles. The van der Waals surface area contributed by atoms with Crippen molar-refractivity contribution in [3.63, 3.8) is 0 Å². The Morgan fingerprint density at radius 3 is 2.44 bits per heavy atom. The summed E-state index contributed by atoms with van der Waals surface area (Å²) in [6.07, 6.45) is 1.81. The van der Waals surface area contributed by atoms with Gasteiger partial charge in [0.05, 0.1) is 5.69 Å². The number of allylic oxidation sites excluding steroid dienone is 1. The lowest BCUT2D eigenvalue weighted by Crippen LogP contribution is -2.10. The normalized spacial score (nSPS) is 12.1. The van der Waals surface area contributed by atoms with Gasteiger partial charge in [-0.05, 0) is 42.0 Å². The van der Waals surface area contributed by atoms with Crippen LogP contribution in [0.5, 0.6) is 0 Å². The molecule has 1 aromatic carbocycles. The van der Waals surface area contributed by atoms with Crippen LogP contribution in [0, 0.1) is 6.92 Å². The molecule has 16 heavy (non-hydrogen) atoms. The van der Waals surface area contributed by atoms with Crippen LogP contribution in [0.2, 0.25) is 0 Å². The van der Waals surface area contributed by atoms with Gasteiger partial charge >= 0.3 is 0 Å². The van der Waals surface area contributed by atoms with Crippen LogP contribution >= 0.6 is 0 Å². The van der Waals surface area contributed by atoms with Crippen molar-refractivity contribution in [2.45, 2.75) is 40.0 Å². The lowest BCUT2D eigenvalue weighted by atomic mass is 9.86. The van der Waals surface area contributed by atoms with E-state index in [0.717, 1.165) is 11.3 Å². The molecular weight excluding hydrogens is 194 g/mol. The third-order valence-electron chi connectivity index (χ3n) is 2.50. The third-order valence-corrected chi connectivity index (χ3v) is 2.50. The van der Waals surface area contributed by atoms with Gasteiger partial charge in [-0.1, -0.05) is 39.5 Å². The molecule has 0 bridgehead atoms. The molecule has 1 heteroatoms. The lowest BCUT2D eigenvalue weighted by molar-refractivity contribution is 0.590. The summed E-state index contributed by atoms with van der Waals surface area (Å²) >= 11 is 0. The first kappa shape index (κ1) is 12.7. The van der Waals surface area contributed by atoms with Gasteiger partial charge in [-0.15, -0.1) is 0 Å². The highest BCUT2D eigenvalue weighted by Crippen LogP contribution is 2.28. The Morgan fingerprint density at radius 2 is 1.94 bits per heavy atom. The minimum Gasteiger partial charge on any atom is -0.256 e. The monoisotopic (exact) mass is 215 g/mol. The van der Waals surface area contributed by atoms with E-state index in [0.29, 0.717) is 0 Å². The molecule has 1 aromatic rings. The van der Waals surface area contributed by atoms with Gasteiger partial charge in [0.2, 0.25) is 0 Å². The van der Waals surface area contributed by atoms with Crippen LogP contribution in [0.1, 0.15) is 38.8 Å². The van der Waals surface area contributed by atoms with E-state index in [1.807, 2.05) is 13.1 Å². The van der Waals surface area contributed by atoms with Crippen molar-refractivity contribution in [2.24, 2.45) is 4.99 Å². The van der Waals surface area contributed by atoms with Gasteiger partial charge in [-0.3, -0.25) is 4.99 Å². The van der Waals surface area contributed by atoms with Crippen LogP contribution in [0.25, 0.3) is 0 Å². The molecule has 1 rings (SSSR count). The zero-order valence-corrected chi connectivity index (χ0v) is 11.0. The molecule has 0 amide bonds. The van der Waals surface area contributed by atoms with Crippen LogP contribution in [0.3, 0.4) is 0 Å². The van der Waals surface area contributed by atoms with Crippen LogP contribution in [0.15, 0.2) is 35.3 Å². The number of rotatable bonds is 2. The molecule has 0 aromatic heterocycles. The first-order chi connectivity index (χ1) is 7.30. The number of nitrogens with zero attached hydrogens (tertiary/aromatic N) is 1. The molecule has 86 valence electrons. The predicted molar refractivity (Wildman–Crippen MR) is 72.8 cm³/mol. The zero-order valence-electron chi connectivity index (χ0n) is 11.0. The molecule has 0 unspecified atom stereocenters. The van der Waals surface area contributed by atoms with E-state index >= 15 is 0 Å². The van der Waals surface area contributed by atoms with Crippen LogP contribution in [-0.4, -0.2) is 6.21 Å². The highest BCUT2D eigenvalue weighted by atomic mass is 14.7. The first-order valence-electron chi connectivity index (χ1n) is 5.61. The maximum Gasteiger partial charge on any atom is 0.0661 e. The van der Waals surface area contributed by atoms with Crippen molar-refractivity contribution in [1.29, 1.82) is 0 Å². The summed E-state index contributed by atoms with van der Waals surface area (Å²) in [5.41, 5.74) is 4.69. The highest BCUT2D eigenvalue weighted by Gasteiger charge is 2.14. The SMILES string of the molecule is C=C(C)C=Nc1cc(C(C)(C)C)ccc1C. The summed E-state index contributed by atoms with van der Waals surface area (Å²) in [5, 5.41) is 0. The maximum absolute atomic E-state index is 4.45. The van der Waals surface area contributed by atoms with E-state index in [-0.39, 0.29) is 5.41 Å². The predicted octanol–water partition coefficient (Wildman–Crippen LogP) is 4.57.